The van der Waals surface area contributed by atoms with Gasteiger partial charge in [-0.15, -0.1) is 0 Å². The van der Waals surface area contributed by atoms with Gasteiger partial charge in [-0.1, -0.05) is 25.3 Å². The summed E-state index contributed by atoms with van der Waals surface area (Å²) < 4.78 is 12.2. The Labute approximate surface area is 167 Å². The summed E-state index contributed by atoms with van der Waals surface area (Å²) in [5, 5.41) is 12.5. The van der Waals surface area contributed by atoms with Crippen molar-refractivity contribution < 1.29 is 14.2 Å². The van der Waals surface area contributed by atoms with Crippen LogP contribution in [0, 0.1) is 0 Å². The van der Waals surface area contributed by atoms with Crippen LogP contribution in [0.25, 0.3) is 21.9 Å². The van der Waals surface area contributed by atoms with Gasteiger partial charge in [0, 0.05) is 22.6 Å². The molecular weight excluding hydrogens is 349 g/mol. The van der Waals surface area contributed by atoms with Gasteiger partial charge in [0.2, 0.25) is 0 Å². The fourth-order valence-electron chi connectivity index (χ4n) is 4.03. The van der Waals surface area contributed by atoms with Gasteiger partial charge in [0.25, 0.3) is 0 Å². The molecule has 28 heavy (non-hydrogen) atoms. The lowest BCUT2D eigenvalue weighted by molar-refractivity contribution is -0.0893. The van der Waals surface area contributed by atoms with Crippen LogP contribution in [0.2, 0.25) is 0 Å². The Bertz CT molecular complexity index is 981. The normalized spacial score (nSPS) is 16.8. The van der Waals surface area contributed by atoms with Gasteiger partial charge in [0.1, 0.15) is 11.2 Å². The van der Waals surface area contributed by atoms with Gasteiger partial charge >= 0.3 is 7.48 Å². The largest absolute Gasteiger partial charge is 0.456 e. The molecule has 0 saturated heterocycles. The molecule has 2 heterocycles. The molecule has 0 spiro atoms. The molecule has 1 aliphatic rings. The Morgan fingerprint density at radius 3 is 2.54 bits per heavy atom. The molecule has 148 valence electrons. The van der Waals surface area contributed by atoms with E-state index < -0.39 is 11.2 Å². The first-order valence-electron chi connectivity index (χ1n) is 10.4. The Balaban J connectivity index is 1.72. The molecule has 4 nitrogen and oxygen atoms in total. The summed E-state index contributed by atoms with van der Waals surface area (Å²) in [5.41, 5.74) is 2.35. The molecule has 0 atom stereocenters. The quantitative estimate of drug-likeness (QED) is 0.660. The summed E-state index contributed by atoms with van der Waals surface area (Å²) in [6.45, 7) is 7.35. The van der Waals surface area contributed by atoms with Gasteiger partial charge in [-0.3, -0.25) is 4.98 Å². The lowest BCUT2D eigenvalue weighted by Gasteiger charge is -2.37. The Hall–Kier alpha value is -1.85. The molecule has 1 aromatic carbocycles. The molecule has 1 N–H and O–H groups in total. The molecule has 5 heteroatoms. The van der Waals surface area contributed by atoms with Crippen molar-refractivity contribution in [3.05, 3.63) is 36.0 Å². The second kappa shape index (κ2) is 7.20. The maximum atomic E-state index is 10.4. The minimum absolute atomic E-state index is 0.330. The van der Waals surface area contributed by atoms with Crippen molar-refractivity contribution in [2.45, 2.75) is 76.9 Å². The van der Waals surface area contributed by atoms with Crippen LogP contribution in [-0.2, 0) is 4.65 Å². The fraction of sp³-hybridized carbons (Fsp3) is 0.522. The molecular formula is C23H30BNO3. The highest BCUT2D eigenvalue weighted by Gasteiger charge is 2.36. The van der Waals surface area contributed by atoms with Gasteiger partial charge in [0.05, 0.1) is 11.2 Å². The molecule has 1 fully saturated rings. The number of aliphatic hydroxyl groups is 1. The molecule has 3 aromatic rings. The third-order valence-corrected chi connectivity index (χ3v) is 6.60. The molecule has 0 aliphatic heterocycles. The van der Waals surface area contributed by atoms with Crippen molar-refractivity contribution in [3.63, 3.8) is 0 Å². The highest BCUT2D eigenvalue weighted by molar-refractivity contribution is 6.51. The van der Waals surface area contributed by atoms with E-state index in [1.165, 1.54) is 37.7 Å². The highest BCUT2D eigenvalue weighted by Crippen LogP contribution is 2.36. The van der Waals surface area contributed by atoms with Crippen molar-refractivity contribution in [1.29, 1.82) is 0 Å². The maximum Gasteiger partial charge on any atom is 0.330 e. The lowest BCUT2D eigenvalue weighted by atomic mass is 9.82. The number of rotatable bonds is 5. The summed E-state index contributed by atoms with van der Waals surface area (Å²) in [7, 11) is 0.330. The first-order chi connectivity index (χ1) is 13.3. The van der Waals surface area contributed by atoms with Crippen LogP contribution in [0.15, 0.2) is 34.9 Å². The number of hydrogen-bond donors (Lipinski definition) is 1. The van der Waals surface area contributed by atoms with E-state index in [0.717, 1.165) is 27.5 Å². The van der Waals surface area contributed by atoms with E-state index in [0.29, 0.717) is 13.4 Å². The third kappa shape index (κ3) is 3.58. The van der Waals surface area contributed by atoms with E-state index in [2.05, 4.69) is 23.2 Å². The minimum atomic E-state index is -0.951. The number of pyridine rings is 1. The Morgan fingerprint density at radius 1 is 1.07 bits per heavy atom. The summed E-state index contributed by atoms with van der Waals surface area (Å²) in [6.07, 6.45) is 8.31. The van der Waals surface area contributed by atoms with Crippen LogP contribution < -0.4 is 5.59 Å². The van der Waals surface area contributed by atoms with Crippen molar-refractivity contribution in [1.82, 2.24) is 4.98 Å². The fourth-order valence-corrected chi connectivity index (χ4v) is 4.03. The zero-order valence-electron chi connectivity index (χ0n) is 17.4. The minimum Gasteiger partial charge on any atom is -0.456 e. The standard InChI is InChI=1S/C23H30BNO3/c1-22(2,26)23(3,4)28-24-21-20-17-14-16(15-8-6-5-7-9-15)10-11-18(17)27-19(20)12-13-25-21/h10-15,24,26H,5-9H2,1-4H3. The van der Waals surface area contributed by atoms with Crippen LogP contribution in [0.3, 0.4) is 0 Å². The van der Waals surface area contributed by atoms with Gasteiger partial charge in [-0.25, -0.2) is 0 Å². The average molecular weight is 379 g/mol. The molecule has 0 amide bonds. The second-order valence-corrected chi connectivity index (χ2v) is 9.18. The first kappa shape index (κ1) is 19.5. The van der Waals surface area contributed by atoms with Gasteiger partial charge in [0.15, 0.2) is 0 Å². The van der Waals surface area contributed by atoms with Crippen molar-refractivity contribution >= 4 is 35.0 Å². The number of furan rings is 1. The predicted molar refractivity (Wildman–Crippen MR) is 116 cm³/mol. The van der Waals surface area contributed by atoms with E-state index in [4.69, 9.17) is 9.07 Å². The van der Waals surface area contributed by atoms with E-state index in [1.54, 1.807) is 20.0 Å². The zero-order valence-corrected chi connectivity index (χ0v) is 17.4. The first-order valence-corrected chi connectivity index (χ1v) is 10.4. The summed E-state index contributed by atoms with van der Waals surface area (Å²) in [4.78, 5) is 4.59. The number of nitrogens with zero attached hydrogens (tertiary/aromatic N) is 1. The smallest absolute Gasteiger partial charge is 0.330 e. The Morgan fingerprint density at radius 2 is 1.82 bits per heavy atom. The topological polar surface area (TPSA) is 55.5 Å². The van der Waals surface area contributed by atoms with Gasteiger partial charge in [-0.2, -0.15) is 0 Å². The van der Waals surface area contributed by atoms with E-state index >= 15 is 0 Å². The highest BCUT2D eigenvalue weighted by atomic mass is 16.5. The second-order valence-electron chi connectivity index (χ2n) is 9.18. The van der Waals surface area contributed by atoms with Crippen LogP contribution >= 0.6 is 0 Å². The summed E-state index contributed by atoms with van der Waals surface area (Å²) in [6, 6.07) is 8.54. The molecule has 0 bridgehead atoms. The van der Waals surface area contributed by atoms with E-state index in [9.17, 15) is 5.11 Å². The van der Waals surface area contributed by atoms with E-state index in [-0.39, 0.29) is 0 Å². The third-order valence-electron chi connectivity index (χ3n) is 6.60. The van der Waals surface area contributed by atoms with Gasteiger partial charge in [-0.05, 0) is 70.2 Å². The van der Waals surface area contributed by atoms with Crippen LogP contribution in [0.5, 0.6) is 0 Å². The van der Waals surface area contributed by atoms with Crippen molar-refractivity contribution in [2.24, 2.45) is 0 Å². The molecule has 1 aliphatic carbocycles. The van der Waals surface area contributed by atoms with Crippen LogP contribution in [0.1, 0.15) is 71.3 Å². The lowest BCUT2D eigenvalue weighted by Crippen LogP contribution is -2.49. The molecule has 2 aromatic heterocycles. The molecule has 1 saturated carbocycles. The number of aromatic nitrogens is 1. The summed E-state index contributed by atoms with van der Waals surface area (Å²) >= 11 is 0. The predicted octanol–water partition coefficient (Wildman–Crippen LogP) is 4.57. The zero-order chi connectivity index (χ0) is 19.9. The van der Waals surface area contributed by atoms with Crippen molar-refractivity contribution in [2.75, 3.05) is 0 Å². The number of hydrogen-bond acceptors (Lipinski definition) is 4. The van der Waals surface area contributed by atoms with Crippen LogP contribution in [-0.4, -0.2) is 28.8 Å². The van der Waals surface area contributed by atoms with E-state index in [1.807, 2.05) is 19.9 Å². The molecule has 4 rings (SSSR count). The van der Waals surface area contributed by atoms with Gasteiger partial charge < -0.3 is 14.2 Å². The summed E-state index contributed by atoms with van der Waals surface area (Å²) in [5.74, 6) is 0.647. The monoisotopic (exact) mass is 379 g/mol. The average Bonchev–Trinajstić information content (AvgIpc) is 3.04. The van der Waals surface area contributed by atoms with Crippen molar-refractivity contribution in [3.8, 4) is 0 Å². The Kier molecular flexibility index (Phi) is 5.01. The molecule has 0 unspecified atom stereocenters. The maximum absolute atomic E-state index is 10.4. The molecule has 0 radical (unpaired) electrons. The van der Waals surface area contributed by atoms with Crippen LogP contribution in [0.4, 0.5) is 0 Å². The number of fused-ring (bicyclic) bond motifs is 3. The SMILES string of the molecule is CC(C)(O)C(C)(C)OBc1nccc2oc3ccc(C4CCCCC4)cc3c12. The number of benzene rings is 1.